The molecule has 0 bridgehead atoms. The fourth-order valence-corrected chi connectivity index (χ4v) is 8.86. The molecule has 0 N–H and O–H groups in total. The molecule has 0 fully saturated rings. The van der Waals surface area contributed by atoms with Crippen LogP contribution in [0.1, 0.15) is 0 Å². The van der Waals surface area contributed by atoms with Crippen LogP contribution in [0, 0.1) is 0 Å². The second-order valence-electron chi connectivity index (χ2n) is 13.9. The summed E-state index contributed by atoms with van der Waals surface area (Å²) in [6.07, 6.45) is 0. The molecule has 240 valence electrons. The van der Waals surface area contributed by atoms with E-state index in [-0.39, 0.29) is 0 Å². The maximum absolute atomic E-state index is 6.84. The van der Waals surface area contributed by atoms with Crippen LogP contribution >= 0.6 is 0 Å². The Morgan fingerprint density at radius 3 is 1.83 bits per heavy atom. The smallest absolute Gasteiger partial charge is 0.143 e. The lowest BCUT2D eigenvalue weighted by molar-refractivity contribution is 0.670. The van der Waals surface area contributed by atoms with Crippen LogP contribution in [0.4, 0.5) is 0 Å². The Hall–Kier alpha value is -6.97. The van der Waals surface area contributed by atoms with Gasteiger partial charge in [0.25, 0.3) is 0 Å². The Morgan fingerprint density at radius 2 is 1.04 bits per heavy atom. The molecule has 0 atom stereocenters. The number of hydrogen-bond acceptors (Lipinski definition) is 2. The number of nitrogens with zero attached hydrogens (tertiary/aromatic N) is 2. The van der Waals surface area contributed by atoms with Crippen LogP contribution in [-0.2, 0) is 0 Å². The molecule has 0 saturated carbocycles. The fourth-order valence-electron chi connectivity index (χ4n) is 8.86. The van der Waals surface area contributed by atoms with Crippen LogP contribution in [0.25, 0.3) is 115 Å². The minimum Gasteiger partial charge on any atom is -0.455 e. The topological polar surface area (TPSA) is 30.4 Å². The van der Waals surface area contributed by atoms with Gasteiger partial charge < -0.3 is 8.82 Å². The van der Waals surface area contributed by atoms with Gasteiger partial charge in [0.05, 0.1) is 27.8 Å². The predicted octanol–water partition coefficient (Wildman–Crippen LogP) is 13.4. The normalized spacial score (nSPS) is 12.2. The van der Waals surface area contributed by atoms with E-state index in [1.165, 1.54) is 54.6 Å². The first-order chi connectivity index (χ1) is 25.8. The van der Waals surface area contributed by atoms with E-state index in [0.717, 1.165) is 60.6 Å². The van der Waals surface area contributed by atoms with E-state index in [0.29, 0.717) is 0 Å². The van der Waals surface area contributed by atoms with Gasteiger partial charge in [-0.1, -0.05) is 121 Å². The molecule has 3 nitrogen and oxygen atoms in total. The van der Waals surface area contributed by atoms with Crippen LogP contribution < -0.4 is 0 Å². The molecular formula is C49H28N2O. The summed E-state index contributed by atoms with van der Waals surface area (Å²) in [6, 6.07) is 61.0. The van der Waals surface area contributed by atoms with E-state index < -0.39 is 0 Å². The van der Waals surface area contributed by atoms with Crippen molar-refractivity contribution in [2.75, 3.05) is 0 Å². The van der Waals surface area contributed by atoms with Gasteiger partial charge in [0.2, 0.25) is 0 Å². The third-order valence-electron chi connectivity index (χ3n) is 11.1. The largest absolute Gasteiger partial charge is 0.455 e. The summed E-state index contributed by atoms with van der Waals surface area (Å²) in [7, 11) is 0. The Labute approximate surface area is 297 Å². The number of hydrogen-bond donors (Lipinski definition) is 0. The second kappa shape index (κ2) is 10.3. The molecule has 0 unspecified atom stereocenters. The Morgan fingerprint density at radius 1 is 0.404 bits per heavy atom. The highest BCUT2D eigenvalue weighted by Crippen LogP contribution is 2.45. The Balaban J connectivity index is 1.09. The van der Waals surface area contributed by atoms with Crippen molar-refractivity contribution in [3.05, 3.63) is 170 Å². The van der Waals surface area contributed by atoms with Crippen molar-refractivity contribution in [2.45, 2.75) is 0 Å². The van der Waals surface area contributed by atoms with E-state index in [1.54, 1.807) is 0 Å². The third-order valence-corrected chi connectivity index (χ3v) is 11.1. The zero-order valence-corrected chi connectivity index (χ0v) is 28.0. The highest BCUT2D eigenvalue weighted by Gasteiger charge is 2.21. The monoisotopic (exact) mass is 660 g/mol. The average molecular weight is 661 g/mol. The van der Waals surface area contributed by atoms with Crippen molar-refractivity contribution >= 4 is 81.7 Å². The maximum Gasteiger partial charge on any atom is 0.143 e. The molecule has 0 saturated heterocycles. The maximum atomic E-state index is 6.84. The molecule has 0 spiro atoms. The molecule has 3 heteroatoms. The molecule has 0 radical (unpaired) electrons. The lowest BCUT2D eigenvalue weighted by Gasteiger charge is -2.11. The van der Waals surface area contributed by atoms with Gasteiger partial charge in [0, 0.05) is 59.6 Å². The van der Waals surface area contributed by atoms with E-state index in [1.807, 2.05) is 0 Å². The van der Waals surface area contributed by atoms with Gasteiger partial charge in [-0.25, -0.2) is 4.98 Å². The van der Waals surface area contributed by atoms with E-state index >= 15 is 0 Å². The first-order valence-electron chi connectivity index (χ1n) is 17.8. The van der Waals surface area contributed by atoms with Crippen molar-refractivity contribution in [3.63, 3.8) is 0 Å². The standard InChI is InChI=1S/C49H28N2O/c1-2-12-29(13-3-1)47-37-24-25-44-46(45(37)36-18-4-7-21-41(36)50-47)38-20-11-19-33(49(38)52-44)31-15-10-14-30(26-31)32-27-39-34-16-5-8-22-42(34)51-43-23-9-6-17-35(43)40(28-32)48(39)51/h1-28H. The van der Waals surface area contributed by atoms with Gasteiger partial charge in [-0.3, -0.25) is 0 Å². The summed E-state index contributed by atoms with van der Waals surface area (Å²) >= 11 is 0. The van der Waals surface area contributed by atoms with Crippen molar-refractivity contribution in [3.8, 4) is 33.5 Å². The molecule has 0 aliphatic rings. The average Bonchev–Trinajstić information content (AvgIpc) is 3.88. The zero-order valence-electron chi connectivity index (χ0n) is 28.0. The number of para-hydroxylation sites is 4. The fraction of sp³-hybridized carbons (Fsp3) is 0. The van der Waals surface area contributed by atoms with Crippen molar-refractivity contribution in [2.24, 2.45) is 0 Å². The van der Waals surface area contributed by atoms with E-state index in [9.17, 15) is 0 Å². The van der Waals surface area contributed by atoms with Gasteiger partial charge in [-0.15, -0.1) is 0 Å². The van der Waals surface area contributed by atoms with Crippen LogP contribution in [-0.4, -0.2) is 9.38 Å². The number of pyridine rings is 1. The highest BCUT2D eigenvalue weighted by atomic mass is 16.3. The number of rotatable bonds is 3. The molecule has 12 rings (SSSR count). The molecule has 8 aromatic carbocycles. The second-order valence-corrected chi connectivity index (χ2v) is 13.9. The minimum atomic E-state index is 0.880. The first kappa shape index (κ1) is 27.8. The van der Waals surface area contributed by atoms with Gasteiger partial charge in [-0.2, -0.15) is 0 Å². The van der Waals surface area contributed by atoms with Crippen LogP contribution in [0.2, 0.25) is 0 Å². The lowest BCUT2D eigenvalue weighted by Crippen LogP contribution is -1.90. The molecule has 52 heavy (non-hydrogen) atoms. The summed E-state index contributed by atoms with van der Waals surface area (Å²) < 4.78 is 9.28. The minimum absolute atomic E-state index is 0.880. The summed E-state index contributed by atoms with van der Waals surface area (Å²) in [4.78, 5) is 5.18. The van der Waals surface area contributed by atoms with Crippen LogP contribution in [0.3, 0.4) is 0 Å². The highest BCUT2D eigenvalue weighted by molar-refractivity contribution is 6.29. The summed E-state index contributed by atoms with van der Waals surface area (Å²) in [5.41, 5.74) is 13.2. The molecular weight excluding hydrogens is 633 g/mol. The summed E-state index contributed by atoms with van der Waals surface area (Å²) in [6.45, 7) is 0. The van der Waals surface area contributed by atoms with Gasteiger partial charge in [0.15, 0.2) is 0 Å². The first-order valence-corrected chi connectivity index (χ1v) is 17.8. The quantitative estimate of drug-likeness (QED) is 0.177. The molecule has 4 heterocycles. The van der Waals surface area contributed by atoms with Crippen LogP contribution in [0.5, 0.6) is 0 Å². The van der Waals surface area contributed by atoms with Crippen molar-refractivity contribution in [1.29, 1.82) is 0 Å². The Kier molecular flexibility index (Phi) is 5.50. The van der Waals surface area contributed by atoms with Gasteiger partial charge in [0.1, 0.15) is 11.2 Å². The van der Waals surface area contributed by atoms with Gasteiger partial charge >= 0.3 is 0 Å². The van der Waals surface area contributed by atoms with Crippen molar-refractivity contribution < 1.29 is 4.42 Å². The number of benzene rings is 8. The molecule has 0 amide bonds. The summed E-state index contributed by atoms with van der Waals surface area (Å²) in [5.74, 6) is 0. The summed E-state index contributed by atoms with van der Waals surface area (Å²) in [5, 5.41) is 10.8. The van der Waals surface area contributed by atoms with E-state index in [4.69, 9.17) is 9.40 Å². The molecule has 0 aliphatic heterocycles. The number of fused-ring (bicyclic) bond motifs is 13. The molecule has 0 aliphatic carbocycles. The Bertz CT molecular complexity index is 3320. The lowest BCUT2D eigenvalue weighted by atomic mass is 9.94. The zero-order chi connectivity index (χ0) is 33.9. The van der Waals surface area contributed by atoms with Crippen molar-refractivity contribution in [1.82, 2.24) is 9.38 Å². The van der Waals surface area contributed by atoms with Crippen LogP contribution in [0.15, 0.2) is 174 Å². The number of aromatic nitrogens is 2. The van der Waals surface area contributed by atoms with Gasteiger partial charge in [-0.05, 0) is 65.2 Å². The molecule has 12 aromatic rings. The van der Waals surface area contributed by atoms with E-state index in [2.05, 4.69) is 174 Å². The third kappa shape index (κ3) is 3.72. The predicted molar refractivity (Wildman–Crippen MR) is 217 cm³/mol. The molecule has 4 aromatic heterocycles. The number of furan rings is 1. The SMILES string of the molecule is c1ccc(-c2nc3ccccc3c3c2ccc2oc4c(-c5cccc(-c6cc7c8ccccc8n8c9ccccc9c(c6)c78)c5)cccc4c23)cc1.